The van der Waals surface area contributed by atoms with Crippen LogP contribution in [0.4, 0.5) is 0 Å². The van der Waals surface area contributed by atoms with E-state index in [0.717, 1.165) is 57.8 Å². The zero-order chi connectivity index (χ0) is 51.0. The first-order valence-corrected chi connectivity index (χ1v) is 27.9. The van der Waals surface area contributed by atoms with Gasteiger partial charge in [-0.15, -0.1) is 0 Å². The Morgan fingerprint density at radius 1 is 0.443 bits per heavy atom. The number of rotatable bonds is 44. The molecule has 0 aromatic rings. The fourth-order valence-electron chi connectivity index (χ4n) is 8.80. The van der Waals surface area contributed by atoms with Crippen LogP contribution in [-0.4, -0.2) is 142 Å². The maximum absolute atomic E-state index is 13.0. The molecule has 4 unspecified atom stereocenters. The van der Waals surface area contributed by atoms with Crippen molar-refractivity contribution in [3.05, 3.63) is 24.3 Å². The second kappa shape index (κ2) is 42.3. The summed E-state index contributed by atoms with van der Waals surface area (Å²) in [5, 5.41) is 72.2. The molecule has 0 spiro atoms. The summed E-state index contributed by atoms with van der Waals surface area (Å²) in [5.74, 6) is -0.929. The maximum atomic E-state index is 13.0. The summed E-state index contributed by atoms with van der Waals surface area (Å²) < 4.78 is 33.6. The molecule has 0 aromatic carbocycles. The highest BCUT2D eigenvalue weighted by molar-refractivity contribution is 5.70. The minimum Gasteiger partial charge on any atom is -0.462 e. The van der Waals surface area contributed by atoms with Gasteiger partial charge in [0.05, 0.1) is 19.8 Å². The van der Waals surface area contributed by atoms with Crippen LogP contribution in [0.1, 0.15) is 219 Å². The van der Waals surface area contributed by atoms with Gasteiger partial charge in [0.25, 0.3) is 0 Å². The molecule has 0 aliphatic carbocycles. The van der Waals surface area contributed by atoms with Gasteiger partial charge < -0.3 is 64.2 Å². The highest BCUT2D eigenvalue weighted by Gasteiger charge is 2.47. The molecule has 2 heterocycles. The van der Waals surface area contributed by atoms with Crippen molar-refractivity contribution in [2.75, 3.05) is 26.4 Å². The van der Waals surface area contributed by atoms with E-state index in [4.69, 9.17) is 28.4 Å². The van der Waals surface area contributed by atoms with Crippen molar-refractivity contribution in [3.63, 3.8) is 0 Å². The number of aliphatic hydroxyl groups excluding tert-OH is 7. The van der Waals surface area contributed by atoms with Gasteiger partial charge in [-0.3, -0.25) is 9.59 Å². The van der Waals surface area contributed by atoms with Crippen LogP contribution in [0, 0.1) is 0 Å². The molecule has 0 amide bonds. The largest absolute Gasteiger partial charge is 0.462 e. The minimum absolute atomic E-state index is 0.157. The van der Waals surface area contributed by atoms with Crippen molar-refractivity contribution >= 4 is 11.9 Å². The van der Waals surface area contributed by atoms with Crippen LogP contribution in [0.15, 0.2) is 24.3 Å². The van der Waals surface area contributed by atoms with Gasteiger partial charge >= 0.3 is 11.9 Å². The fraction of sp³-hybridized carbons (Fsp3) is 0.891. The first-order valence-electron chi connectivity index (χ1n) is 27.9. The molecule has 11 atom stereocenters. The number of hydrogen-bond acceptors (Lipinski definition) is 15. The van der Waals surface area contributed by atoms with E-state index < -0.39 is 92.7 Å². The molecule has 7 N–H and O–H groups in total. The Kier molecular flexibility index (Phi) is 38.8. The van der Waals surface area contributed by atoms with Crippen molar-refractivity contribution in [2.45, 2.75) is 287 Å². The molecule has 2 rings (SSSR count). The lowest BCUT2D eigenvalue weighted by atomic mass is 9.98. The Balaban J connectivity index is 1.77. The normalized spacial score (nSPS) is 25.5. The number of esters is 2. The lowest BCUT2D eigenvalue weighted by Gasteiger charge is -2.42. The zero-order valence-electron chi connectivity index (χ0n) is 43.5. The third kappa shape index (κ3) is 29.6. The predicted octanol–water partition coefficient (Wildman–Crippen LogP) is 8.72. The van der Waals surface area contributed by atoms with Crippen LogP contribution in [0.2, 0.25) is 0 Å². The number of carbonyl (C=O) groups is 2. The van der Waals surface area contributed by atoms with Crippen LogP contribution in [0.5, 0.6) is 0 Å². The van der Waals surface area contributed by atoms with E-state index in [0.29, 0.717) is 12.8 Å². The van der Waals surface area contributed by atoms with E-state index in [1.807, 2.05) is 0 Å². The number of ether oxygens (including phenoxy) is 6. The lowest BCUT2D eigenvalue weighted by molar-refractivity contribution is -0.332. The van der Waals surface area contributed by atoms with Crippen molar-refractivity contribution < 1.29 is 73.8 Å². The molecule has 15 heteroatoms. The fourth-order valence-corrected chi connectivity index (χ4v) is 8.80. The van der Waals surface area contributed by atoms with E-state index >= 15 is 0 Å². The van der Waals surface area contributed by atoms with Crippen molar-refractivity contribution in [2.24, 2.45) is 0 Å². The molecule has 0 radical (unpaired) electrons. The highest BCUT2D eigenvalue weighted by atomic mass is 16.7. The molecule has 2 saturated heterocycles. The lowest BCUT2D eigenvalue weighted by Crippen LogP contribution is -2.61. The SMILES string of the molecule is CCCCCCCC/C=C/CCCCCCCCCCCC(=O)OC[C@@H](CO[C@@H]1O[C@H](CO[C@@H]2O[C@H](CO)[C@H](O)C(O)C2O)[C@H](O)C(O)C1O)OC(=O)CCCCCCC/C=C/CCCCCCCC. The second-order valence-electron chi connectivity index (χ2n) is 19.8. The van der Waals surface area contributed by atoms with Gasteiger partial charge in [0, 0.05) is 12.8 Å². The minimum atomic E-state index is -1.76. The van der Waals surface area contributed by atoms with Crippen molar-refractivity contribution in [3.8, 4) is 0 Å². The Bertz CT molecular complexity index is 1310. The third-order valence-corrected chi connectivity index (χ3v) is 13.4. The van der Waals surface area contributed by atoms with Crippen molar-refractivity contribution in [1.29, 1.82) is 0 Å². The molecule has 70 heavy (non-hydrogen) atoms. The predicted molar refractivity (Wildman–Crippen MR) is 271 cm³/mol. The van der Waals surface area contributed by atoms with Crippen LogP contribution in [0.3, 0.4) is 0 Å². The van der Waals surface area contributed by atoms with Crippen LogP contribution < -0.4 is 0 Å². The van der Waals surface area contributed by atoms with E-state index in [2.05, 4.69) is 38.2 Å². The summed E-state index contributed by atoms with van der Waals surface area (Å²) in [4.78, 5) is 25.8. The molecule has 2 aliphatic rings. The van der Waals surface area contributed by atoms with Gasteiger partial charge in [-0.25, -0.2) is 0 Å². The van der Waals surface area contributed by atoms with Gasteiger partial charge in [0.15, 0.2) is 18.7 Å². The average Bonchev–Trinajstić information content (AvgIpc) is 3.35. The quantitative estimate of drug-likeness (QED) is 0.0172. The Morgan fingerprint density at radius 3 is 1.26 bits per heavy atom. The first-order chi connectivity index (χ1) is 34.0. The maximum Gasteiger partial charge on any atom is 0.306 e. The Hall–Kier alpha value is -2.02. The highest BCUT2D eigenvalue weighted by Crippen LogP contribution is 2.27. The van der Waals surface area contributed by atoms with E-state index in [-0.39, 0.29) is 26.1 Å². The molecule has 15 nitrogen and oxygen atoms in total. The summed E-state index contributed by atoms with van der Waals surface area (Å²) in [6.45, 7) is 2.60. The molecule has 0 aromatic heterocycles. The van der Waals surface area contributed by atoms with E-state index in [9.17, 15) is 45.3 Å². The Labute approximate surface area is 422 Å². The van der Waals surface area contributed by atoms with Crippen LogP contribution >= 0.6 is 0 Å². The number of allylic oxidation sites excluding steroid dienone is 4. The molecular formula is C55H100O15. The molecule has 0 bridgehead atoms. The van der Waals surface area contributed by atoms with Gasteiger partial charge in [-0.05, 0) is 64.2 Å². The molecule has 0 saturated carbocycles. The van der Waals surface area contributed by atoms with E-state index in [1.54, 1.807) is 0 Å². The first kappa shape index (κ1) is 64.1. The summed E-state index contributed by atoms with van der Waals surface area (Å²) in [5.41, 5.74) is 0. The second-order valence-corrected chi connectivity index (χ2v) is 19.8. The molecule has 2 aliphatic heterocycles. The Morgan fingerprint density at radius 2 is 0.814 bits per heavy atom. The summed E-state index contributed by atoms with van der Waals surface area (Å²) >= 11 is 0. The average molecular weight is 1000 g/mol. The van der Waals surface area contributed by atoms with Crippen LogP contribution in [0.25, 0.3) is 0 Å². The van der Waals surface area contributed by atoms with Gasteiger partial charge in [-0.1, -0.05) is 167 Å². The zero-order valence-corrected chi connectivity index (χ0v) is 43.5. The monoisotopic (exact) mass is 1000 g/mol. The van der Waals surface area contributed by atoms with Gasteiger partial charge in [0.2, 0.25) is 0 Å². The summed E-state index contributed by atoms with van der Waals surface area (Å²) in [7, 11) is 0. The smallest absolute Gasteiger partial charge is 0.306 e. The standard InChI is InChI=1S/C55H100O15/c1-3-5-7-9-11-13-15-17-19-20-21-22-24-25-27-29-31-33-35-37-46(57)65-40-43(68-47(58)38-36-34-32-30-28-26-23-18-16-14-12-10-8-6-4-2)41-66-54-53(64)51(62)49(60)45(70-54)42-67-55-52(63)50(61)48(59)44(39-56)69-55/h17-19,23,43-45,48-56,59-64H,3-16,20-22,24-42H2,1-2H3/b19-17+,23-18+/t43-,44+,45+,48-,49-,50?,51?,52?,53?,54+,55+/m0/s1. The molecule has 2 fully saturated rings. The number of hydrogen-bond donors (Lipinski definition) is 7. The summed E-state index contributed by atoms with van der Waals surface area (Å²) in [6, 6.07) is 0. The topological polar surface area (TPSA) is 231 Å². The number of aliphatic hydroxyl groups is 7. The van der Waals surface area contributed by atoms with Crippen LogP contribution in [-0.2, 0) is 38.0 Å². The third-order valence-electron chi connectivity index (χ3n) is 13.4. The molecule has 410 valence electrons. The van der Waals surface area contributed by atoms with E-state index in [1.165, 1.54) is 122 Å². The van der Waals surface area contributed by atoms with Crippen molar-refractivity contribution in [1.82, 2.24) is 0 Å². The van der Waals surface area contributed by atoms with Gasteiger partial charge in [0.1, 0.15) is 55.4 Å². The van der Waals surface area contributed by atoms with Gasteiger partial charge in [-0.2, -0.15) is 0 Å². The number of carbonyl (C=O) groups excluding carboxylic acids is 2. The summed E-state index contributed by atoms with van der Waals surface area (Å²) in [6.07, 6.45) is 27.7. The number of unbranched alkanes of at least 4 members (excludes halogenated alkanes) is 26. The molecular weight excluding hydrogens is 901 g/mol.